The van der Waals surface area contributed by atoms with Crippen LogP contribution in [0.5, 0.6) is 5.75 Å². The van der Waals surface area contributed by atoms with Gasteiger partial charge in [0.25, 0.3) is 5.91 Å². The second kappa shape index (κ2) is 12.1. The summed E-state index contributed by atoms with van der Waals surface area (Å²) in [7, 11) is -0.753. The Hall–Kier alpha value is -2.55. The molecule has 0 radical (unpaired) electrons. The first-order valence-corrected chi connectivity index (χ1v) is 12.5. The number of amides is 1. The Morgan fingerprint density at radius 1 is 1.21 bits per heavy atom. The second-order valence-corrected chi connectivity index (χ2v) is 9.53. The molecule has 0 bridgehead atoms. The number of nitrogens with two attached hydrogens (primary N) is 1. The number of rotatable bonds is 8. The molecule has 1 amide bonds. The van der Waals surface area contributed by atoms with Crippen LogP contribution in [-0.4, -0.2) is 51.0 Å². The molecule has 1 saturated heterocycles. The molecule has 0 saturated carbocycles. The van der Waals surface area contributed by atoms with Crippen LogP contribution in [0.15, 0.2) is 42.5 Å². The van der Waals surface area contributed by atoms with E-state index in [2.05, 4.69) is 17.4 Å². The number of nitrogen functional groups attached to an aromatic ring is 1. The van der Waals surface area contributed by atoms with Gasteiger partial charge in [-0.25, -0.2) is 0 Å². The van der Waals surface area contributed by atoms with Gasteiger partial charge in [-0.1, -0.05) is 41.9 Å². The molecule has 2 aromatic rings. The number of ether oxygens (including phenoxy) is 1. The van der Waals surface area contributed by atoms with E-state index in [-0.39, 0.29) is 11.8 Å². The molecule has 0 atom stereocenters. The highest BCUT2D eigenvalue weighted by Crippen LogP contribution is 2.29. The number of likely N-dealkylation sites (tertiary alicyclic amines) is 1. The summed E-state index contributed by atoms with van der Waals surface area (Å²) in [4.78, 5) is 15.1. The van der Waals surface area contributed by atoms with Crippen molar-refractivity contribution >= 4 is 38.5 Å². The minimum Gasteiger partial charge on any atom is -0.496 e. The first kappa shape index (κ1) is 25.1. The summed E-state index contributed by atoms with van der Waals surface area (Å²) < 4.78 is 28.9. The third kappa shape index (κ3) is 6.96. The van der Waals surface area contributed by atoms with E-state index in [9.17, 15) is 13.2 Å². The number of anilines is 1. The number of benzene rings is 2. The normalized spacial score (nSPS) is 14.6. The molecule has 0 aromatic heterocycles. The van der Waals surface area contributed by atoms with Crippen LogP contribution in [0.3, 0.4) is 0 Å². The van der Waals surface area contributed by atoms with Crippen LogP contribution in [0.1, 0.15) is 41.6 Å². The number of nitrogens with zero attached hydrogens (tertiary/aromatic N) is 1. The van der Waals surface area contributed by atoms with Crippen LogP contribution < -0.4 is 15.8 Å². The molecule has 0 unspecified atom stereocenters. The molecule has 1 aliphatic heterocycles. The number of hydrogen-bond acceptors (Lipinski definition) is 5. The highest BCUT2D eigenvalue weighted by Gasteiger charge is 2.24. The van der Waals surface area contributed by atoms with Crippen LogP contribution in [0, 0.1) is 5.92 Å². The van der Waals surface area contributed by atoms with Crippen LogP contribution in [0.4, 0.5) is 5.69 Å². The molecule has 1 heterocycles. The van der Waals surface area contributed by atoms with E-state index >= 15 is 0 Å². The molecule has 0 aliphatic carbocycles. The van der Waals surface area contributed by atoms with Gasteiger partial charge in [0, 0.05) is 25.7 Å². The Labute approximate surface area is 201 Å². The molecule has 178 valence electrons. The predicted molar refractivity (Wildman–Crippen MR) is 132 cm³/mol. The van der Waals surface area contributed by atoms with Gasteiger partial charge in [0.1, 0.15) is 10.7 Å². The van der Waals surface area contributed by atoms with Gasteiger partial charge < -0.3 is 15.8 Å². The third-order valence-corrected chi connectivity index (χ3v) is 7.15. The Morgan fingerprint density at radius 3 is 2.55 bits per heavy atom. The minimum atomic E-state index is -2.23. The number of carbonyl (C=O) groups excluding carboxylic acids is 1. The smallest absolute Gasteiger partial charge is 0.255 e. The Bertz CT molecular complexity index is 1090. The fourth-order valence-corrected chi connectivity index (χ4v) is 4.94. The zero-order valence-electron chi connectivity index (χ0n) is 18.7. The van der Waals surface area contributed by atoms with Crippen molar-refractivity contribution in [2.24, 2.45) is 5.92 Å². The SMILES string of the molecule is COc1cc(N)c(Cl)cc1C(=O)NCC1CCN(C(CCCc2ccccc2)=S(=O)=O)CC1. The lowest BCUT2D eigenvalue weighted by atomic mass is 9.96. The van der Waals surface area contributed by atoms with Gasteiger partial charge in [0.2, 0.25) is 10.3 Å². The van der Waals surface area contributed by atoms with E-state index in [1.807, 2.05) is 23.1 Å². The monoisotopic (exact) mass is 491 g/mol. The molecule has 9 heteroatoms. The molecule has 7 nitrogen and oxygen atoms in total. The van der Waals surface area contributed by atoms with Gasteiger partial charge in [0.15, 0.2) is 0 Å². The summed E-state index contributed by atoms with van der Waals surface area (Å²) >= 11 is 6.06. The average Bonchev–Trinajstić information content (AvgIpc) is 2.82. The molecule has 2 aromatic carbocycles. The maximum atomic E-state index is 12.6. The quantitative estimate of drug-likeness (QED) is 0.433. The largest absolute Gasteiger partial charge is 0.496 e. The van der Waals surface area contributed by atoms with Crippen LogP contribution in [-0.2, 0) is 16.7 Å². The molecule has 33 heavy (non-hydrogen) atoms. The predicted octanol–water partition coefficient (Wildman–Crippen LogP) is 3.40. The summed E-state index contributed by atoms with van der Waals surface area (Å²) in [6.07, 6.45) is 3.78. The van der Waals surface area contributed by atoms with Gasteiger partial charge >= 0.3 is 0 Å². The lowest BCUT2D eigenvalue weighted by Crippen LogP contribution is -2.42. The van der Waals surface area contributed by atoms with Crippen molar-refractivity contribution in [3.8, 4) is 5.75 Å². The number of halogens is 1. The Balaban J connectivity index is 1.49. The van der Waals surface area contributed by atoms with Gasteiger partial charge in [-0.15, -0.1) is 0 Å². The van der Waals surface area contributed by atoms with E-state index < -0.39 is 10.3 Å². The van der Waals surface area contributed by atoms with Crippen molar-refractivity contribution in [1.29, 1.82) is 0 Å². The van der Waals surface area contributed by atoms with E-state index in [4.69, 9.17) is 22.1 Å². The van der Waals surface area contributed by atoms with Crippen molar-refractivity contribution in [3.05, 3.63) is 58.6 Å². The van der Waals surface area contributed by atoms with Crippen LogP contribution >= 0.6 is 11.6 Å². The number of carbonyl (C=O) groups is 1. The molecule has 1 aliphatic rings. The van der Waals surface area contributed by atoms with Crippen LogP contribution in [0.2, 0.25) is 5.02 Å². The fraction of sp³-hybridized carbons (Fsp3) is 0.417. The maximum Gasteiger partial charge on any atom is 0.255 e. The van der Waals surface area contributed by atoms with E-state index in [1.165, 1.54) is 24.8 Å². The lowest BCUT2D eigenvalue weighted by Gasteiger charge is -2.32. The number of piperidine rings is 1. The summed E-state index contributed by atoms with van der Waals surface area (Å²) in [5, 5.41) is 3.25. The first-order valence-electron chi connectivity index (χ1n) is 11.0. The summed E-state index contributed by atoms with van der Waals surface area (Å²) in [6, 6.07) is 13.1. The Morgan fingerprint density at radius 2 is 1.91 bits per heavy atom. The van der Waals surface area contributed by atoms with Gasteiger partial charge in [-0.05, 0) is 49.7 Å². The number of methoxy groups -OCH3 is 1. The standard InChI is InChI=1S/C24H30ClN3O4S/c1-32-22-15-21(26)20(25)14-19(22)24(29)27-16-18-10-12-28(13-11-18)23(33(30)31)9-5-8-17-6-3-2-4-7-17/h2-4,6-7,14-15,18H,5,8-13,16,26H2,1H3,(H,27,29). The number of aryl methyl sites for hydroxylation is 1. The third-order valence-electron chi connectivity index (χ3n) is 5.97. The number of hydrogen-bond donors (Lipinski definition) is 2. The van der Waals surface area contributed by atoms with E-state index in [0.29, 0.717) is 53.1 Å². The van der Waals surface area contributed by atoms with E-state index in [0.717, 1.165) is 25.7 Å². The zero-order chi connectivity index (χ0) is 23.8. The van der Waals surface area contributed by atoms with Gasteiger partial charge in [-0.2, -0.15) is 8.42 Å². The summed E-state index contributed by atoms with van der Waals surface area (Å²) in [5.74, 6) is 0.369. The van der Waals surface area contributed by atoms with Crippen molar-refractivity contribution in [1.82, 2.24) is 10.2 Å². The molecule has 1 fully saturated rings. The zero-order valence-corrected chi connectivity index (χ0v) is 20.3. The number of nitrogens with one attached hydrogen (secondary N) is 1. The summed E-state index contributed by atoms with van der Waals surface area (Å²) in [5.41, 5.74) is 7.68. The Kier molecular flexibility index (Phi) is 9.17. The molecular weight excluding hydrogens is 462 g/mol. The first-order chi connectivity index (χ1) is 15.9. The highest BCUT2D eigenvalue weighted by molar-refractivity contribution is 7.72. The highest BCUT2D eigenvalue weighted by atomic mass is 35.5. The molecule has 3 rings (SSSR count). The molecule has 3 N–H and O–H groups in total. The van der Waals surface area contributed by atoms with Gasteiger partial charge in [-0.3, -0.25) is 9.69 Å². The minimum absolute atomic E-state index is 0.270. The van der Waals surface area contributed by atoms with Gasteiger partial charge in [0.05, 0.1) is 23.4 Å². The van der Waals surface area contributed by atoms with Crippen molar-refractivity contribution in [2.75, 3.05) is 32.5 Å². The van der Waals surface area contributed by atoms with Crippen molar-refractivity contribution in [2.45, 2.75) is 32.1 Å². The fourth-order valence-electron chi connectivity index (χ4n) is 4.07. The average molecular weight is 492 g/mol. The lowest BCUT2D eigenvalue weighted by molar-refractivity contribution is 0.0938. The van der Waals surface area contributed by atoms with Crippen molar-refractivity contribution in [3.63, 3.8) is 0 Å². The second-order valence-electron chi connectivity index (χ2n) is 8.18. The topological polar surface area (TPSA) is 102 Å². The summed E-state index contributed by atoms with van der Waals surface area (Å²) in [6.45, 7) is 1.82. The van der Waals surface area contributed by atoms with Crippen LogP contribution in [0.25, 0.3) is 0 Å². The van der Waals surface area contributed by atoms with Crippen molar-refractivity contribution < 1.29 is 17.9 Å². The maximum absolute atomic E-state index is 12.6. The molecular formula is C24H30ClN3O4S. The molecule has 0 spiro atoms. The van der Waals surface area contributed by atoms with E-state index in [1.54, 1.807) is 0 Å².